The van der Waals surface area contributed by atoms with E-state index >= 15 is 0 Å². The second-order valence-corrected chi connectivity index (χ2v) is 6.13. The average molecular weight is 337 g/mol. The monoisotopic (exact) mass is 336 g/mol. The number of rotatable bonds is 4. The smallest absolute Gasteiger partial charge is 0.313 e. The summed E-state index contributed by atoms with van der Waals surface area (Å²) in [5, 5.41) is 10.3. The Morgan fingerprint density at radius 2 is 2.23 bits per heavy atom. The molecule has 1 aliphatic carbocycles. The summed E-state index contributed by atoms with van der Waals surface area (Å²) in [6.45, 7) is 0. The Labute approximate surface area is 135 Å². The highest BCUT2D eigenvalue weighted by Gasteiger charge is 2.38. The van der Waals surface area contributed by atoms with E-state index < -0.39 is 11.2 Å². The molecule has 0 bridgehead atoms. The number of halogens is 1. The van der Waals surface area contributed by atoms with Crippen molar-refractivity contribution in [2.75, 3.05) is 6.26 Å². The minimum atomic E-state index is -0.555. The second-order valence-electron chi connectivity index (χ2n) is 5.03. The van der Waals surface area contributed by atoms with Crippen molar-refractivity contribution >= 4 is 23.4 Å². The number of hydrogen-bond acceptors (Lipinski definition) is 5. The maximum atomic E-state index is 11.8. The second kappa shape index (κ2) is 6.10. The van der Waals surface area contributed by atoms with Crippen LogP contribution in [-0.2, 0) is 0 Å². The number of aromatic nitrogens is 4. The molecule has 0 aliphatic heterocycles. The van der Waals surface area contributed by atoms with E-state index in [1.807, 2.05) is 6.26 Å². The Balaban J connectivity index is 1.96. The van der Waals surface area contributed by atoms with Crippen LogP contribution in [0, 0.1) is 5.92 Å². The zero-order valence-electron chi connectivity index (χ0n) is 11.7. The first-order valence-electron chi connectivity index (χ1n) is 6.65. The molecule has 1 aliphatic rings. The number of H-pyrrole nitrogens is 2. The molecule has 2 atom stereocenters. The van der Waals surface area contributed by atoms with Gasteiger partial charge in [-0.2, -0.15) is 0 Å². The molecule has 0 unspecified atom stereocenters. The van der Waals surface area contributed by atoms with Crippen molar-refractivity contribution in [3.05, 3.63) is 55.3 Å². The summed E-state index contributed by atoms with van der Waals surface area (Å²) >= 11 is 7.79. The maximum absolute atomic E-state index is 11.8. The number of thioether (sulfide) groups is 1. The molecule has 1 fully saturated rings. The maximum Gasteiger partial charge on any atom is 0.325 e. The van der Waals surface area contributed by atoms with Crippen LogP contribution in [0.15, 0.2) is 33.3 Å². The molecule has 1 saturated carbocycles. The third-order valence-electron chi connectivity index (χ3n) is 3.57. The van der Waals surface area contributed by atoms with Crippen LogP contribution < -0.4 is 11.2 Å². The number of nitrogens with zero attached hydrogens (tertiary/aromatic N) is 2. The van der Waals surface area contributed by atoms with Crippen LogP contribution in [0.1, 0.15) is 17.9 Å². The molecule has 2 heterocycles. The highest BCUT2D eigenvalue weighted by atomic mass is 35.5. The number of nitrogens with one attached hydrogen (secondary N) is 2. The normalized spacial score (nSPS) is 20.5. The molecule has 6 nitrogen and oxygen atoms in total. The number of allylic oxidation sites excluding steroid dienone is 1. The molecule has 2 N–H and O–H groups in total. The van der Waals surface area contributed by atoms with Crippen molar-refractivity contribution in [3.8, 4) is 11.3 Å². The molecule has 0 aromatic carbocycles. The predicted octanol–water partition coefficient (Wildman–Crippen LogP) is 2.15. The number of aromatic amines is 2. The molecule has 8 heteroatoms. The summed E-state index contributed by atoms with van der Waals surface area (Å²) in [6, 6.07) is 1.77. The van der Waals surface area contributed by atoms with Gasteiger partial charge < -0.3 is 4.98 Å². The van der Waals surface area contributed by atoms with E-state index in [2.05, 4.69) is 31.6 Å². The minimum absolute atomic E-state index is 0.266. The number of hydrogen-bond donors (Lipinski definition) is 2. The standard InChI is InChI=1S/C14H13ClN4O2S/c1-22-3-2-7-4-8(7)9-5-11(18-19-12(9)15)10-6-16-14(21)17-13(10)20/h2-3,5-8H,4H2,1H3,(H2,16,17,20,21)/b3-2+/t7-,8-/m0/s1. The van der Waals surface area contributed by atoms with Crippen molar-refractivity contribution in [1.29, 1.82) is 0 Å². The van der Waals surface area contributed by atoms with Gasteiger partial charge in [0.2, 0.25) is 0 Å². The van der Waals surface area contributed by atoms with Gasteiger partial charge in [0.25, 0.3) is 5.56 Å². The zero-order valence-corrected chi connectivity index (χ0v) is 13.2. The van der Waals surface area contributed by atoms with Crippen LogP contribution >= 0.6 is 23.4 Å². The van der Waals surface area contributed by atoms with Gasteiger partial charge in [0.15, 0.2) is 5.15 Å². The Hall–Kier alpha value is -1.86. The Morgan fingerprint density at radius 1 is 1.41 bits per heavy atom. The molecule has 0 amide bonds. The summed E-state index contributed by atoms with van der Waals surface area (Å²) in [6.07, 6.45) is 6.50. The van der Waals surface area contributed by atoms with E-state index in [1.165, 1.54) is 6.20 Å². The summed E-state index contributed by atoms with van der Waals surface area (Å²) in [5.74, 6) is 0.739. The lowest BCUT2D eigenvalue weighted by Gasteiger charge is -2.04. The van der Waals surface area contributed by atoms with Crippen LogP contribution in [-0.4, -0.2) is 26.4 Å². The first kappa shape index (κ1) is 15.1. The molecule has 114 valence electrons. The summed E-state index contributed by atoms with van der Waals surface area (Å²) in [5.41, 5.74) is 0.493. The largest absolute Gasteiger partial charge is 0.325 e. The lowest BCUT2D eigenvalue weighted by molar-refractivity contribution is 0.946. The highest BCUT2D eigenvalue weighted by molar-refractivity contribution is 8.01. The Bertz CT molecular complexity index is 845. The van der Waals surface area contributed by atoms with Crippen molar-refractivity contribution in [1.82, 2.24) is 20.2 Å². The van der Waals surface area contributed by atoms with Gasteiger partial charge in [-0.05, 0) is 41.6 Å². The van der Waals surface area contributed by atoms with E-state index in [-0.39, 0.29) is 5.56 Å². The average Bonchev–Trinajstić information content (AvgIpc) is 3.25. The minimum Gasteiger partial charge on any atom is -0.313 e. The van der Waals surface area contributed by atoms with Gasteiger partial charge in [0.05, 0.1) is 5.56 Å². The van der Waals surface area contributed by atoms with E-state index in [4.69, 9.17) is 11.6 Å². The topological polar surface area (TPSA) is 91.5 Å². The summed E-state index contributed by atoms with van der Waals surface area (Å²) in [4.78, 5) is 27.5. The van der Waals surface area contributed by atoms with Gasteiger partial charge >= 0.3 is 5.69 Å². The quantitative estimate of drug-likeness (QED) is 0.892. The third kappa shape index (κ3) is 3.00. The van der Waals surface area contributed by atoms with Crippen LogP contribution in [0.5, 0.6) is 0 Å². The lowest BCUT2D eigenvalue weighted by Crippen LogP contribution is -2.23. The van der Waals surface area contributed by atoms with Crippen LogP contribution in [0.25, 0.3) is 11.3 Å². The first-order chi connectivity index (χ1) is 10.6. The van der Waals surface area contributed by atoms with Gasteiger partial charge in [-0.1, -0.05) is 17.7 Å². The van der Waals surface area contributed by atoms with Crippen molar-refractivity contribution in [2.45, 2.75) is 12.3 Å². The van der Waals surface area contributed by atoms with Gasteiger partial charge in [0.1, 0.15) is 5.69 Å². The zero-order chi connectivity index (χ0) is 15.7. The van der Waals surface area contributed by atoms with E-state index in [0.717, 1.165) is 12.0 Å². The summed E-state index contributed by atoms with van der Waals surface area (Å²) < 4.78 is 0. The molecule has 2 aromatic rings. The van der Waals surface area contributed by atoms with Crippen molar-refractivity contribution in [3.63, 3.8) is 0 Å². The van der Waals surface area contributed by atoms with Gasteiger partial charge in [0, 0.05) is 6.20 Å². The lowest BCUT2D eigenvalue weighted by atomic mass is 10.1. The molecular formula is C14H13ClN4O2S. The fraction of sp³-hybridized carbons (Fsp3) is 0.286. The van der Waals surface area contributed by atoms with Gasteiger partial charge in [-0.15, -0.1) is 22.0 Å². The molecular weight excluding hydrogens is 324 g/mol. The Kier molecular flexibility index (Phi) is 4.17. The molecule has 0 saturated heterocycles. The molecule has 2 aromatic heterocycles. The van der Waals surface area contributed by atoms with Crippen LogP contribution in [0.2, 0.25) is 5.15 Å². The van der Waals surface area contributed by atoms with Crippen molar-refractivity contribution in [2.24, 2.45) is 5.92 Å². The van der Waals surface area contributed by atoms with E-state index in [1.54, 1.807) is 17.8 Å². The van der Waals surface area contributed by atoms with Crippen LogP contribution in [0.4, 0.5) is 0 Å². The molecule has 0 spiro atoms. The Morgan fingerprint density at radius 3 is 2.95 bits per heavy atom. The highest BCUT2D eigenvalue weighted by Crippen LogP contribution is 2.50. The van der Waals surface area contributed by atoms with E-state index in [0.29, 0.717) is 22.7 Å². The van der Waals surface area contributed by atoms with Gasteiger partial charge in [-0.25, -0.2) is 4.79 Å². The van der Waals surface area contributed by atoms with E-state index in [9.17, 15) is 9.59 Å². The fourth-order valence-corrected chi connectivity index (χ4v) is 2.94. The predicted molar refractivity (Wildman–Crippen MR) is 87.2 cm³/mol. The summed E-state index contributed by atoms with van der Waals surface area (Å²) in [7, 11) is 0. The molecule has 22 heavy (non-hydrogen) atoms. The molecule has 3 rings (SSSR count). The third-order valence-corrected chi connectivity index (χ3v) is 4.30. The van der Waals surface area contributed by atoms with Gasteiger partial charge in [-0.3, -0.25) is 9.78 Å². The first-order valence-corrected chi connectivity index (χ1v) is 8.31. The van der Waals surface area contributed by atoms with Crippen LogP contribution in [0.3, 0.4) is 0 Å². The fourth-order valence-electron chi connectivity index (χ4n) is 2.35. The molecule has 0 radical (unpaired) electrons. The SMILES string of the molecule is CS/C=C/[C@H]1C[C@@H]1c1cc(-c2c[nH]c(=O)[nH]c2=O)nnc1Cl. The van der Waals surface area contributed by atoms with Crippen molar-refractivity contribution < 1.29 is 0 Å².